The first kappa shape index (κ1) is 24.1. The van der Waals surface area contributed by atoms with Gasteiger partial charge in [-0.1, -0.05) is 0 Å². The maximum absolute atomic E-state index is 12.9. The fourth-order valence-corrected chi connectivity index (χ4v) is 4.43. The zero-order chi connectivity index (χ0) is 26.1. The lowest BCUT2D eigenvalue weighted by molar-refractivity contribution is -0.119. The van der Waals surface area contributed by atoms with Gasteiger partial charge in [-0.05, 0) is 50.7 Å². The van der Waals surface area contributed by atoms with Gasteiger partial charge in [-0.3, -0.25) is 9.59 Å². The highest BCUT2D eigenvalue weighted by atomic mass is 16.5. The van der Waals surface area contributed by atoms with E-state index in [1.165, 1.54) is 6.26 Å². The molecule has 1 aliphatic rings. The van der Waals surface area contributed by atoms with Gasteiger partial charge in [0.1, 0.15) is 17.2 Å². The van der Waals surface area contributed by atoms with Crippen molar-refractivity contribution in [2.24, 2.45) is 5.73 Å². The number of rotatable bonds is 8. The van der Waals surface area contributed by atoms with Crippen molar-refractivity contribution in [3.05, 3.63) is 48.0 Å². The van der Waals surface area contributed by atoms with Gasteiger partial charge in [-0.2, -0.15) is 9.97 Å². The Morgan fingerprint density at radius 3 is 2.81 bits per heavy atom. The van der Waals surface area contributed by atoms with Crippen molar-refractivity contribution in [1.29, 1.82) is 0 Å². The van der Waals surface area contributed by atoms with Crippen molar-refractivity contribution in [2.75, 3.05) is 49.8 Å². The molecule has 0 saturated carbocycles. The molecular formula is C25H28N8O4. The lowest BCUT2D eigenvalue weighted by Crippen LogP contribution is -2.40. The number of nitrogens with zero attached hydrogens (tertiary/aromatic N) is 4. The zero-order valence-corrected chi connectivity index (χ0v) is 20.8. The van der Waals surface area contributed by atoms with Crippen LogP contribution in [0.1, 0.15) is 22.5 Å². The van der Waals surface area contributed by atoms with Crippen LogP contribution in [-0.2, 0) is 11.2 Å². The summed E-state index contributed by atoms with van der Waals surface area (Å²) in [5.74, 6) is 0.659. The standard InChI is InChI=1S/C25H28N8O4/c1-32(2)13-20(34)33-9-4-5-14-11-19(36-3)17(12-18(14)33)29-25-30-23-15(6-8-27-23)24(31-25)28-16-7-10-37-21(16)22(26)35/h6-8,10-12H,4-5,9,13H2,1-3H3,(H2,26,35)(H3,27,28,29,30,31). The van der Waals surface area contributed by atoms with Crippen LogP contribution in [0.3, 0.4) is 0 Å². The number of H-pyrrole nitrogens is 1. The number of nitrogens with two attached hydrogens (primary N) is 1. The Morgan fingerprint density at radius 2 is 2.05 bits per heavy atom. The Labute approximate surface area is 212 Å². The number of methoxy groups -OCH3 is 1. The number of aryl methyl sites for hydroxylation is 1. The minimum atomic E-state index is -0.697. The van der Waals surface area contributed by atoms with Gasteiger partial charge in [-0.15, -0.1) is 0 Å². The smallest absolute Gasteiger partial charge is 0.286 e. The molecule has 0 fully saturated rings. The van der Waals surface area contributed by atoms with Crippen molar-refractivity contribution < 1.29 is 18.7 Å². The Kier molecular flexibility index (Phi) is 6.40. The third-order valence-electron chi connectivity index (χ3n) is 6.08. The van der Waals surface area contributed by atoms with Gasteiger partial charge >= 0.3 is 0 Å². The molecule has 3 aromatic heterocycles. The van der Waals surface area contributed by atoms with Gasteiger partial charge < -0.3 is 40.3 Å². The number of nitrogens with one attached hydrogen (secondary N) is 3. The first-order chi connectivity index (χ1) is 17.8. The molecular weight excluding hydrogens is 476 g/mol. The van der Waals surface area contributed by atoms with E-state index < -0.39 is 5.91 Å². The van der Waals surface area contributed by atoms with Gasteiger partial charge in [0.25, 0.3) is 5.91 Å². The van der Waals surface area contributed by atoms with Crippen LogP contribution in [0.15, 0.2) is 41.1 Å². The third kappa shape index (κ3) is 4.78. The minimum absolute atomic E-state index is 0.00403. The number of carbonyl (C=O) groups excluding carboxylic acids is 2. The Morgan fingerprint density at radius 1 is 1.22 bits per heavy atom. The van der Waals surface area contributed by atoms with Crippen LogP contribution in [0, 0.1) is 0 Å². The van der Waals surface area contributed by atoms with Gasteiger partial charge in [0, 0.05) is 24.5 Å². The molecule has 12 nitrogen and oxygen atoms in total. The van der Waals surface area contributed by atoms with E-state index in [2.05, 4.69) is 25.6 Å². The number of likely N-dealkylation sites (N-methyl/N-ethyl adjacent to an activating group) is 1. The predicted molar refractivity (Wildman–Crippen MR) is 140 cm³/mol. The molecule has 4 heterocycles. The van der Waals surface area contributed by atoms with Crippen LogP contribution in [0.2, 0.25) is 0 Å². The highest BCUT2D eigenvalue weighted by Crippen LogP contribution is 2.38. The fraction of sp³-hybridized carbons (Fsp3) is 0.280. The molecule has 0 radical (unpaired) electrons. The summed E-state index contributed by atoms with van der Waals surface area (Å²) in [7, 11) is 5.34. The number of furan rings is 1. The molecule has 4 aromatic rings. The SMILES string of the molecule is COc1cc2c(cc1Nc1nc(Nc3ccoc3C(N)=O)c3cc[nH]c3n1)N(C(=O)CN(C)C)CCC2. The van der Waals surface area contributed by atoms with Crippen LogP contribution >= 0.6 is 0 Å². The largest absolute Gasteiger partial charge is 0.495 e. The molecule has 0 spiro atoms. The number of aromatic amines is 1. The number of carbonyl (C=O) groups is 2. The Bertz CT molecular complexity index is 1470. The van der Waals surface area contributed by atoms with E-state index in [1.807, 2.05) is 42.1 Å². The molecule has 5 rings (SSSR count). The van der Waals surface area contributed by atoms with Crippen molar-refractivity contribution >= 4 is 51.7 Å². The van der Waals surface area contributed by atoms with Crippen molar-refractivity contribution in [2.45, 2.75) is 12.8 Å². The second-order valence-electron chi connectivity index (χ2n) is 8.98. The number of aromatic nitrogens is 3. The highest BCUT2D eigenvalue weighted by Gasteiger charge is 2.25. The summed E-state index contributed by atoms with van der Waals surface area (Å²) in [5, 5.41) is 7.06. The van der Waals surface area contributed by atoms with Crippen LogP contribution in [-0.4, -0.2) is 66.0 Å². The third-order valence-corrected chi connectivity index (χ3v) is 6.08. The van der Waals surface area contributed by atoms with Crippen LogP contribution < -0.4 is 26.0 Å². The lowest BCUT2D eigenvalue weighted by atomic mass is 10.00. The lowest BCUT2D eigenvalue weighted by Gasteiger charge is -2.31. The zero-order valence-electron chi connectivity index (χ0n) is 20.8. The van der Waals surface area contributed by atoms with Gasteiger partial charge in [0.2, 0.25) is 17.6 Å². The van der Waals surface area contributed by atoms with E-state index in [4.69, 9.17) is 14.9 Å². The molecule has 0 bridgehead atoms. The summed E-state index contributed by atoms with van der Waals surface area (Å²) in [5.41, 5.74) is 8.88. The number of ether oxygens (including phenoxy) is 1. The fourth-order valence-electron chi connectivity index (χ4n) is 4.43. The maximum Gasteiger partial charge on any atom is 0.286 e. The van der Waals surface area contributed by atoms with E-state index in [-0.39, 0.29) is 17.6 Å². The molecule has 37 heavy (non-hydrogen) atoms. The monoisotopic (exact) mass is 504 g/mol. The molecule has 1 aliphatic heterocycles. The average molecular weight is 505 g/mol. The molecule has 0 saturated heterocycles. The number of benzene rings is 1. The van der Waals surface area contributed by atoms with Crippen molar-refractivity contribution in [1.82, 2.24) is 19.9 Å². The highest BCUT2D eigenvalue weighted by molar-refractivity contribution is 5.99. The van der Waals surface area contributed by atoms with Crippen LogP contribution in [0.5, 0.6) is 5.75 Å². The van der Waals surface area contributed by atoms with Gasteiger partial charge in [0.15, 0.2) is 0 Å². The summed E-state index contributed by atoms with van der Waals surface area (Å²) >= 11 is 0. The molecule has 1 aromatic carbocycles. The second-order valence-corrected chi connectivity index (χ2v) is 8.98. The quantitative estimate of drug-likeness (QED) is 0.283. The molecule has 192 valence electrons. The van der Waals surface area contributed by atoms with Crippen molar-refractivity contribution in [3.63, 3.8) is 0 Å². The Hall–Kier alpha value is -4.58. The summed E-state index contributed by atoms with van der Waals surface area (Å²) < 4.78 is 10.9. The average Bonchev–Trinajstić information content (AvgIpc) is 3.52. The predicted octanol–water partition coefficient (Wildman–Crippen LogP) is 2.99. The summed E-state index contributed by atoms with van der Waals surface area (Å²) in [4.78, 5) is 40.6. The topological polar surface area (TPSA) is 155 Å². The van der Waals surface area contributed by atoms with Gasteiger partial charge in [-0.25, -0.2) is 0 Å². The van der Waals surface area contributed by atoms with Crippen molar-refractivity contribution in [3.8, 4) is 5.75 Å². The summed E-state index contributed by atoms with van der Waals surface area (Å²) in [6.07, 6.45) is 4.85. The second kappa shape index (κ2) is 9.82. The number of fused-ring (bicyclic) bond motifs is 2. The first-order valence-electron chi connectivity index (χ1n) is 11.8. The first-order valence-corrected chi connectivity index (χ1v) is 11.8. The number of hydrogen-bond donors (Lipinski definition) is 4. The van der Waals surface area contributed by atoms with E-state index >= 15 is 0 Å². The molecule has 5 N–H and O–H groups in total. The number of anilines is 5. The number of primary amides is 1. The van der Waals surface area contributed by atoms with E-state index in [1.54, 1.807) is 19.4 Å². The van der Waals surface area contributed by atoms with Crippen LogP contribution in [0.25, 0.3) is 11.0 Å². The molecule has 0 unspecified atom stereocenters. The molecule has 2 amide bonds. The Balaban J connectivity index is 1.52. The minimum Gasteiger partial charge on any atom is -0.495 e. The van der Waals surface area contributed by atoms with Gasteiger partial charge in [0.05, 0.1) is 36.7 Å². The normalized spacial score (nSPS) is 13.0. The summed E-state index contributed by atoms with van der Waals surface area (Å²) in [6, 6.07) is 7.26. The molecule has 0 atom stereocenters. The maximum atomic E-state index is 12.9. The molecule has 0 aliphatic carbocycles. The number of hydrogen-bond acceptors (Lipinski definition) is 9. The van der Waals surface area contributed by atoms with E-state index in [9.17, 15) is 9.59 Å². The van der Waals surface area contributed by atoms with E-state index in [0.29, 0.717) is 47.1 Å². The summed E-state index contributed by atoms with van der Waals surface area (Å²) in [6.45, 7) is 0.967. The van der Waals surface area contributed by atoms with Crippen LogP contribution in [0.4, 0.5) is 28.8 Å². The molecule has 12 heteroatoms. The van der Waals surface area contributed by atoms with E-state index in [0.717, 1.165) is 24.1 Å². The number of amides is 2.